The summed E-state index contributed by atoms with van der Waals surface area (Å²) in [5.41, 5.74) is 9.84. The number of nitrogens with one attached hydrogen (secondary N) is 2. The van der Waals surface area contributed by atoms with Gasteiger partial charge in [0.2, 0.25) is 6.10 Å². The Bertz CT molecular complexity index is 452. The molecular formula is C10H11N3O3S. The maximum atomic E-state index is 11.6. The fourth-order valence-corrected chi connectivity index (χ4v) is 1.40. The highest BCUT2D eigenvalue weighted by molar-refractivity contribution is 7.80. The number of thiocarbonyl (C=S) groups is 1. The fraction of sp³-hybridized carbons (Fsp3) is 0.200. The van der Waals surface area contributed by atoms with E-state index in [4.69, 9.17) is 15.2 Å². The van der Waals surface area contributed by atoms with Crippen LogP contribution in [0, 0.1) is 0 Å². The zero-order valence-corrected chi connectivity index (χ0v) is 9.62. The standard InChI is InChI=1S/C10H11N3O3S/c11-10(17)13-12-9(14)8-5-15-6-3-1-2-4-7(6)16-8/h1-4,8H,5H2,(H,12,14)(H3,11,13,17)/t8-/m0/s1. The van der Waals surface area contributed by atoms with E-state index in [0.717, 1.165) is 0 Å². The maximum Gasteiger partial charge on any atom is 0.283 e. The van der Waals surface area contributed by atoms with Crippen LogP contribution < -0.4 is 26.1 Å². The van der Waals surface area contributed by atoms with Crippen molar-refractivity contribution in [3.05, 3.63) is 24.3 Å². The molecule has 2 rings (SSSR count). The highest BCUT2D eigenvalue weighted by atomic mass is 32.1. The summed E-state index contributed by atoms with van der Waals surface area (Å²) < 4.78 is 10.9. The molecule has 1 heterocycles. The van der Waals surface area contributed by atoms with Gasteiger partial charge in [-0.1, -0.05) is 12.1 Å². The van der Waals surface area contributed by atoms with E-state index in [0.29, 0.717) is 11.5 Å². The summed E-state index contributed by atoms with van der Waals surface area (Å²) in [5, 5.41) is -0.0181. The van der Waals surface area contributed by atoms with Gasteiger partial charge < -0.3 is 15.2 Å². The summed E-state index contributed by atoms with van der Waals surface area (Å²) >= 11 is 4.56. The third-order valence-electron chi connectivity index (χ3n) is 2.11. The van der Waals surface area contributed by atoms with Gasteiger partial charge in [0.05, 0.1) is 0 Å². The molecule has 1 aromatic rings. The summed E-state index contributed by atoms with van der Waals surface area (Å²) in [6.07, 6.45) is -0.730. The van der Waals surface area contributed by atoms with Crippen molar-refractivity contribution >= 4 is 23.2 Å². The Labute approximate surface area is 103 Å². The Morgan fingerprint density at radius 3 is 2.76 bits per heavy atom. The van der Waals surface area contributed by atoms with E-state index < -0.39 is 12.0 Å². The molecule has 1 aliphatic heterocycles. The molecule has 0 saturated carbocycles. The van der Waals surface area contributed by atoms with Gasteiger partial charge in [-0.25, -0.2) is 0 Å². The van der Waals surface area contributed by atoms with Crippen LogP contribution in [-0.4, -0.2) is 23.7 Å². The highest BCUT2D eigenvalue weighted by Gasteiger charge is 2.27. The predicted molar refractivity (Wildman–Crippen MR) is 64.4 cm³/mol. The number of carbonyl (C=O) groups is 1. The first kappa shape index (κ1) is 11.5. The number of fused-ring (bicyclic) bond motifs is 1. The highest BCUT2D eigenvalue weighted by Crippen LogP contribution is 2.30. The molecule has 1 aliphatic rings. The number of rotatable bonds is 1. The third kappa shape index (κ3) is 2.76. The fourth-order valence-electron chi connectivity index (χ4n) is 1.35. The second-order valence-electron chi connectivity index (χ2n) is 3.34. The van der Waals surface area contributed by atoms with Crippen molar-refractivity contribution in [2.45, 2.75) is 6.10 Å². The van der Waals surface area contributed by atoms with Gasteiger partial charge in [0, 0.05) is 0 Å². The van der Waals surface area contributed by atoms with E-state index in [-0.39, 0.29) is 11.7 Å². The largest absolute Gasteiger partial charge is 0.485 e. The number of hydrogen-bond donors (Lipinski definition) is 3. The van der Waals surface area contributed by atoms with Crippen molar-refractivity contribution < 1.29 is 14.3 Å². The lowest BCUT2D eigenvalue weighted by Crippen LogP contribution is -2.52. The Morgan fingerprint density at radius 1 is 1.35 bits per heavy atom. The molecule has 7 heteroatoms. The number of benzene rings is 1. The van der Waals surface area contributed by atoms with Gasteiger partial charge in [0.25, 0.3) is 5.91 Å². The molecule has 0 unspecified atom stereocenters. The Balaban J connectivity index is 1.97. The number of para-hydroxylation sites is 2. The number of carbonyl (C=O) groups excluding carboxylic acids is 1. The molecule has 4 N–H and O–H groups in total. The molecule has 17 heavy (non-hydrogen) atoms. The lowest BCUT2D eigenvalue weighted by atomic mass is 10.2. The summed E-state index contributed by atoms with van der Waals surface area (Å²) in [4.78, 5) is 11.6. The average molecular weight is 253 g/mol. The van der Waals surface area contributed by atoms with Crippen molar-refractivity contribution in [3.63, 3.8) is 0 Å². The number of hydrogen-bond acceptors (Lipinski definition) is 4. The SMILES string of the molecule is NC(=S)NNC(=O)[C@@H]1COc2ccccc2O1. The zero-order valence-electron chi connectivity index (χ0n) is 8.80. The summed E-state index contributed by atoms with van der Waals surface area (Å²) in [5.74, 6) is 0.764. The van der Waals surface area contributed by atoms with Crippen LogP contribution in [0.1, 0.15) is 0 Å². The van der Waals surface area contributed by atoms with Crippen LogP contribution in [0.3, 0.4) is 0 Å². The van der Waals surface area contributed by atoms with E-state index >= 15 is 0 Å². The third-order valence-corrected chi connectivity index (χ3v) is 2.21. The van der Waals surface area contributed by atoms with Gasteiger partial charge >= 0.3 is 0 Å². The van der Waals surface area contributed by atoms with Crippen molar-refractivity contribution in [1.82, 2.24) is 10.9 Å². The minimum atomic E-state index is -0.730. The second-order valence-corrected chi connectivity index (χ2v) is 3.78. The van der Waals surface area contributed by atoms with Gasteiger partial charge in [-0.3, -0.25) is 15.6 Å². The predicted octanol–water partition coefficient (Wildman–Crippen LogP) is -0.309. The Kier molecular flexibility index (Phi) is 3.29. The van der Waals surface area contributed by atoms with Gasteiger partial charge in [0.1, 0.15) is 6.61 Å². The quantitative estimate of drug-likeness (QED) is 0.470. The minimum absolute atomic E-state index is 0.0181. The smallest absolute Gasteiger partial charge is 0.283 e. The molecule has 90 valence electrons. The van der Waals surface area contributed by atoms with Crippen LogP contribution in [0.2, 0.25) is 0 Å². The van der Waals surface area contributed by atoms with Crippen molar-refractivity contribution in [2.24, 2.45) is 5.73 Å². The summed E-state index contributed by atoms with van der Waals surface area (Å²) in [6.45, 7) is 0.141. The van der Waals surface area contributed by atoms with Crippen LogP contribution in [0.5, 0.6) is 11.5 Å². The number of amides is 1. The van der Waals surface area contributed by atoms with Crippen LogP contribution in [0.25, 0.3) is 0 Å². The van der Waals surface area contributed by atoms with Crippen LogP contribution in [-0.2, 0) is 4.79 Å². The summed E-state index contributed by atoms with van der Waals surface area (Å²) in [7, 11) is 0. The molecule has 1 aromatic carbocycles. The summed E-state index contributed by atoms with van der Waals surface area (Å²) in [6, 6.07) is 7.14. The van der Waals surface area contributed by atoms with E-state index in [2.05, 4.69) is 23.1 Å². The van der Waals surface area contributed by atoms with Gasteiger partial charge in [-0.15, -0.1) is 0 Å². The monoisotopic (exact) mass is 253 g/mol. The van der Waals surface area contributed by atoms with Crippen molar-refractivity contribution in [3.8, 4) is 11.5 Å². The topological polar surface area (TPSA) is 85.6 Å². The van der Waals surface area contributed by atoms with Gasteiger partial charge in [-0.2, -0.15) is 0 Å². The Hall–Kier alpha value is -2.02. The number of nitrogens with two attached hydrogens (primary N) is 1. The van der Waals surface area contributed by atoms with Gasteiger partial charge in [0.15, 0.2) is 16.6 Å². The van der Waals surface area contributed by atoms with Crippen molar-refractivity contribution in [1.29, 1.82) is 0 Å². The zero-order chi connectivity index (χ0) is 12.3. The minimum Gasteiger partial charge on any atom is -0.485 e. The molecule has 1 atom stereocenters. The maximum absolute atomic E-state index is 11.6. The van der Waals surface area contributed by atoms with E-state index in [9.17, 15) is 4.79 Å². The normalized spacial score (nSPS) is 17.1. The Morgan fingerprint density at radius 2 is 2.06 bits per heavy atom. The molecule has 0 aliphatic carbocycles. The van der Waals surface area contributed by atoms with Crippen LogP contribution >= 0.6 is 12.2 Å². The molecule has 0 spiro atoms. The molecule has 0 bridgehead atoms. The molecule has 1 amide bonds. The first-order valence-corrected chi connectivity index (χ1v) is 5.31. The molecule has 6 nitrogen and oxygen atoms in total. The van der Waals surface area contributed by atoms with E-state index in [1.54, 1.807) is 18.2 Å². The van der Waals surface area contributed by atoms with Crippen molar-refractivity contribution in [2.75, 3.05) is 6.61 Å². The lowest BCUT2D eigenvalue weighted by Gasteiger charge is -2.25. The molecule has 0 radical (unpaired) electrons. The molecule has 0 fully saturated rings. The first-order valence-electron chi connectivity index (χ1n) is 4.90. The van der Waals surface area contributed by atoms with E-state index in [1.165, 1.54) is 0 Å². The van der Waals surface area contributed by atoms with Crippen LogP contribution in [0.4, 0.5) is 0 Å². The van der Waals surface area contributed by atoms with E-state index in [1.807, 2.05) is 6.07 Å². The second kappa shape index (κ2) is 4.88. The van der Waals surface area contributed by atoms with Crippen LogP contribution in [0.15, 0.2) is 24.3 Å². The number of ether oxygens (including phenoxy) is 2. The number of hydrazine groups is 1. The molecule has 0 aromatic heterocycles. The molecule has 0 saturated heterocycles. The average Bonchev–Trinajstić information content (AvgIpc) is 2.35. The first-order chi connectivity index (χ1) is 8.16. The molecular weight excluding hydrogens is 242 g/mol. The van der Waals surface area contributed by atoms with Gasteiger partial charge in [-0.05, 0) is 24.4 Å². The lowest BCUT2D eigenvalue weighted by molar-refractivity contribution is -0.130.